The fourth-order valence-corrected chi connectivity index (χ4v) is 4.90. The Morgan fingerprint density at radius 1 is 1.22 bits per heavy atom. The summed E-state index contributed by atoms with van der Waals surface area (Å²) in [5.74, 6) is 0.723. The predicted octanol–water partition coefficient (Wildman–Crippen LogP) is 3.53. The Kier molecular flexibility index (Phi) is 4.06. The van der Waals surface area contributed by atoms with E-state index in [1.807, 2.05) is 45.0 Å². The van der Waals surface area contributed by atoms with Gasteiger partial charge in [0.2, 0.25) is 0 Å². The number of hydrogen-bond acceptors (Lipinski definition) is 3. The molecule has 3 rings (SSSR count). The molecule has 1 heterocycles. The molecule has 0 unspecified atom stereocenters. The molecule has 0 saturated heterocycles. The van der Waals surface area contributed by atoms with E-state index in [9.17, 15) is 8.42 Å². The molecule has 2 aromatic carbocycles. The van der Waals surface area contributed by atoms with Crippen LogP contribution >= 0.6 is 0 Å². The van der Waals surface area contributed by atoms with Crippen LogP contribution in [-0.2, 0) is 16.4 Å². The maximum absolute atomic E-state index is 13.1. The third kappa shape index (κ3) is 2.70. The number of para-hydroxylation sites is 1. The first-order valence-electron chi connectivity index (χ1n) is 7.81. The van der Waals surface area contributed by atoms with Crippen LogP contribution in [0.15, 0.2) is 47.4 Å². The van der Waals surface area contributed by atoms with E-state index < -0.39 is 10.0 Å². The van der Waals surface area contributed by atoms with Gasteiger partial charge >= 0.3 is 0 Å². The van der Waals surface area contributed by atoms with Gasteiger partial charge in [-0.05, 0) is 62.6 Å². The van der Waals surface area contributed by atoms with Gasteiger partial charge in [-0.2, -0.15) is 0 Å². The highest BCUT2D eigenvalue weighted by Gasteiger charge is 2.35. The summed E-state index contributed by atoms with van der Waals surface area (Å²) in [6.45, 7) is 6.28. The molecule has 0 radical (unpaired) electrons. The van der Waals surface area contributed by atoms with Crippen LogP contribution in [0.4, 0.5) is 5.69 Å². The van der Waals surface area contributed by atoms with Crippen LogP contribution in [0.25, 0.3) is 0 Å². The molecular formula is C18H21NO3S. The minimum atomic E-state index is -3.58. The van der Waals surface area contributed by atoms with Crippen molar-refractivity contribution in [2.75, 3.05) is 10.9 Å². The van der Waals surface area contributed by atoms with Gasteiger partial charge in [0.25, 0.3) is 10.0 Å². The SMILES string of the molecule is CCOc1ccc(S(=O)(=O)N2c3ccccc3C[C@H]2C)cc1C. The van der Waals surface area contributed by atoms with Crippen molar-refractivity contribution in [2.24, 2.45) is 0 Å². The molecule has 0 spiro atoms. The van der Waals surface area contributed by atoms with Gasteiger partial charge in [-0.1, -0.05) is 18.2 Å². The minimum absolute atomic E-state index is 0.0794. The zero-order valence-corrected chi connectivity index (χ0v) is 14.4. The smallest absolute Gasteiger partial charge is 0.264 e. The number of aryl methyl sites for hydroxylation is 1. The summed E-state index contributed by atoms with van der Waals surface area (Å²) in [4.78, 5) is 0.307. The first-order valence-corrected chi connectivity index (χ1v) is 9.25. The maximum atomic E-state index is 13.1. The lowest BCUT2D eigenvalue weighted by Crippen LogP contribution is -2.35. The highest BCUT2D eigenvalue weighted by molar-refractivity contribution is 7.92. The minimum Gasteiger partial charge on any atom is -0.494 e. The maximum Gasteiger partial charge on any atom is 0.264 e. The van der Waals surface area contributed by atoms with Crippen molar-refractivity contribution in [1.82, 2.24) is 0 Å². The number of anilines is 1. The van der Waals surface area contributed by atoms with Crippen LogP contribution in [-0.4, -0.2) is 21.1 Å². The Morgan fingerprint density at radius 2 is 1.96 bits per heavy atom. The largest absolute Gasteiger partial charge is 0.494 e. The van der Waals surface area contributed by atoms with Gasteiger partial charge in [0.1, 0.15) is 5.75 Å². The lowest BCUT2D eigenvalue weighted by atomic mass is 10.1. The van der Waals surface area contributed by atoms with E-state index in [4.69, 9.17) is 4.74 Å². The van der Waals surface area contributed by atoms with Gasteiger partial charge in [-0.25, -0.2) is 8.42 Å². The molecule has 1 aliphatic rings. The van der Waals surface area contributed by atoms with E-state index in [-0.39, 0.29) is 6.04 Å². The van der Waals surface area contributed by atoms with Crippen molar-refractivity contribution in [3.8, 4) is 5.75 Å². The number of rotatable bonds is 4. The molecule has 0 aliphatic carbocycles. The van der Waals surface area contributed by atoms with Crippen molar-refractivity contribution < 1.29 is 13.2 Å². The lowest BCUT2D eigenvalue weighted by Gasteiger charge is -2.24. The van der Waals surface area contributed by atoms with Crippen molar-refractivity contribution in [1.29, 1.82) is 0 Å². The fourth-order valence-electron chi connectivity index (χ4n) is 3.12. The molecule has 23 heavy (non-hydrogen) atoms. The van der Waals surface area contributed by atoms with E-state index in [0.717, 1.165) is 29.0 Å². The van der Waals surface area contributed by atoms with E-state index >= 15 is 0 Å². The molecular weight excluding hydrogens is 310 g/mol. The number of fused-ring (bicyclic) bond motifs is 1. The highest BCUT2D eigenvalue weighted by atomic mass is 32.2. The molecule has 122 valence electrons. The molecule has 0 saturated carbocycles. The molecule has 1 aliphatic heterocycles. The van der Waals surface area contributed by atoms with Gasteiger partial charge in [-0.15, -0.1) is 0 Å². The van der Waals surface area contributed by atoms with Crippen LogP contribution in [0.1, 0.15) is 25.0 Å². The van der Waals surface area contributed by atoms with Crippen LogP contribution in [0.2, 0.25) is 0 Å². The summed E-state index contributed by atoms with van der Waals surface area (Å²) in [5.41, 5.74) is 2.69. The first kappa shape index (κ1) is 15.9. The van der Waals surface area contributed by atoms with E-state index in [2.05, 4.69) is 0 Å². The topological polar surface area (TPSA) is 46.6 Å². The standard InChI is InChI=1S/C18H21NO3S/c1-4-22-18-10-9-16(11-13(18)2)23(20,21)19-14(3)12-15-7-5-6-8-17(15)19/h5-11,14H,4,12H2,1-3H3/t14-/m1/s1. The Hall–Kier alpha value is -2.01. The predicted molar refractivity (Wildman–Crippen MR) is 91.6 cm³/mol. The number of nitrogens with zero attached hydrogens (tertiary/aromatic N) is 1. The monoisotopic (exact) mass is 331 g/mol. The zero-order chi connectivity index (χ0) is 16.6. The normalized spacial score (nSPS) is 17.2. The summed E-state index contributed by atoms with van der Waals surface area (Å²) in [6, 6.07) is 12.7. The third-order valence-corrected chi connectivity index (χ3v) is 6.07. The summed E-state index contributed by atoms with van der Waals surface area (Å²) >= 11 is 0. The second-order valence-corrected chi connectivity index (χ2v) is 7.66. The molecule has 0 amide bonds. The molecule has 0 bridgehead atoms. The van der Waals surface area contributed by atoms with Crippen LogP contribution in [0.5, 0.6) is 5.75 Å². The van der Waals surface area contributed by atoms with E-state index in [0.29, 0.717) is 11.5 Å². The summed E-state index contributed by atoms with van der Waals surface area (Å²) in [5, 5.41) is 0. The molecule has 0 fully saturated rings. The Morgan fingerprint density at radius 3 is 2.65 bits per heavy atom. The molecule has 5 heteroatoms. The van der Waals surface area contributed by atoms with Gasteiger partial charge in [-0.3, -0.25) is 4.31 Å². The summed E-state index contributed by atoms with van der Waals surface area (Å²) in [6.07, 6.45) is 0.741. The second kappa shape index (κ2) is 5.89. The molecule has 0 aromatic heterocycles. The molecule has 4 nitrogen and oxygen atoms in total. The Balaban J connectivity index is 2.04. The fraction of sp³-hybridized carbons (Fsp3) is 0.333. The van der Waals surface area contributed by atoms with Gasteiger partial charge in [0.05, 0.1) is 17.2 Å². The quantitative estimate of drug-likeness (QED) is 0.861. The Labute approximate surface area is 137 Å². The van der Waals surface area contributed by atoms with Crippen LogP contribution in [0.3, 0.4) is 0 Å². The second-order valence-electron chi connectivity index (χ2n) is 5.84. The molecule has 2 aromatic rings. The number of ether oxygens (including phenoxy) is 1. The van der Waals surface area contributed by atoms with Gasteiger partial charge in [0.15, 0.2) is 0 Å². The van der Waals surface area contributed by atoms with Crippen molar-refractivity contribution in [3.05, 3.63) is 53.6 Å². The molecule has 0 N–H and O–H groups in total. The zero-order valence-electron chi connectivity index (χ0n) is 13.6. The van der Waals surface area contributed by atoms with Gasteiger partial charge in [0, 0.05) is 6.04 Å². The Bertz CT molecular complexity index is 830. The van der Waals surface area contributed by atoms with Crippen molar-refractivity contribution in [3.63, 3.8) is 0 Å². The first-order chi connectivity index (χ1) is 10.9. The van der Waals surface area contributed by atoms with Crippen LogP contribution < -0.4 is 9.04 Å². The highest BCUT2D eigenvalue weighted by Crippen LogP contribution is 2.37. The van der Waals surface area contributed by atoms with Gasteiger partial charge < -0.3 is 4.74 Å². The number of hydrogen-bond donors (Lipinski definition) is 0. The number of benzene rings is 2. The van der Waals surface area contributed by atoms with Crippen molar-refractivity contribution in [2.45, 2.75) is 38.1 Å². The van der Waals surface area contributed by atoms with Crippen molar-refractivity contribution >= 4 is 15.7 Å². The van der Waals surface area contributed by atoms with E-state index in [1.165, 1.54) is 4.31 Å². The summed E-state index contributed by atoms with van der Waals surface area (Å²) in [7, 11) is -3.58. The lowest BCUT2D eigenvalue weighted by molar-refractivity contribution is 0.337. The third-order valence-electron chi connectivity index (χ3n) is 4.15. The number of sulfonamides is 1. The molecule has 1 atom stereocenters. The average Bonchev–Trinajstić information content (AvgIpc) is 2.85. The van der Waals surface area contributed by atoms with E-state index in [1.54, 1.807) is 18.2 Å². The average molecular weight is 331 g/mol. The van der Waals surface area contributed by atoms with Crippen LogP contribution in [0, 0.1) is 6.92 Å². The summed E-state index contributed by atoms with van der Waals surface area (Å²) < 4.78 is 33.3.